The van der Waals surface area contributed by atoms with Gasteiger partial charge in [-0.25, -0.2) is 0 Å². The molecule has 0 amide bonds. The molecule has 0 spiro atoms. The molecule has 2 aliphatic rings. The van der Waals surface area contributed by atoms with Crippen LogP contribution in [-0.4, -0.2) is 50.3 Å². The average Bonchev–Trinajstić information content (AvgIpc) is 3.16. The Hall–Kier alpha value is -1.75. The van der Waals surface area contributed by atoms with Gasteiger partial charge in [-0.1, -0.05) is 32.8 Å². The van der Waals surface area contributed by atoms with E-state index in [1.54, 1.807) is 0 Å². The van der Waals surface area contributed by atoms with Gasteiger partial charge in [-0.2, -0.15) is 0 Å². The number of esters is 1. The molecule has 1 aromatic carbocycles. The number of carbonyl (C=O) groups excluding carboxylic acids is 1. The van der Waals surface area contributed by atoms with Crippen molar-refractivity contribution in [1.29, 1.82) is 0 Å². The van der Waals surface area contributed by atoms with Gasteiger partial charge in [0, 0.05) is 6.54 Å². The van der Waals surface area contributed by atoms with E-state index >= 15 is 0 Å². The third-order valence-corrected chi connectivity index (χ3v) is 5.48. The Morgan fingerprint density at radius 3 is 2.48 bits per heavy atom. The van der Waals surface area contributed by atoms with E-state index in [0.29, 0.717) is 19.8 Å². The molecule has 5 heteroatoms. The largest absolute Gasteiger partial charge is 0.486 e. The number of hydrogen-bond acceptors (Lipinski definition) is 5. The van der Waals surface area contributed by atoms with E-state index in [0.717, 1.165) is 62.4 Å². The van der Waals surface area contributed by atoms with Crippen LogP contribution in [0.25, 0.3) is 0 Å². The first-order chi connectivity index (χ1) is 12.2. The van der Waals surface area contributed by atoms with E-state index < -0.39 is 5.41 Å². The quantitative estimate of drug-likeness (QED) is 0.709. The maximum Gasteiger partial charge on any atom is 0.316 e. The molecule has 0 saturated heterocycles. The molecule has 1 fully saturated rings. The fourth-order valence-electron chi connectivity index (χ4n) is 3.88. The first-order valence-corrected chi connectivity index (χ1v) is 9.49. The standard InChI is InChI=1S/C20H29NO4/c1-3-21(4-2)11-12-25-19(22)20(9-5-6-10-20)16-7-8-17-18(15-16)24-14-13-23-17/h7-8,15H,3-6,9-14H2,1-2H3. The van der Waals surface area contributed by atoms with Gasteiger partial charge in [0.15, 0.2) is 11.5 Å². The summed E-state index contributed by atoms with van der Waals surface area (Å²) >= 11 is 0. The van der Waals surface area contributed by atoms with Gasteiger partial charge in [-0.05, 0) is 43.6 Å². The number of benzene rings is 1. The van der Waals surface area contributed by atoms with Gasteiger partial charge in [0.2, 0.25) is 0 Å². The first kappa shape index (κ1) is 18.1. The summed E-state index contributed by atoms with van der Waals surface area (Å²) in [6, 6.07) is 5.91. The SMILES string of the molecule is CCN(CC)CCOC(=O)C1(c2ccc3c(c2)OCCO3)CCCC1. The highest BCUT2D eigenvalue weighted by Crippen LogP contribution is 2.45. The summed E-state index contributed by atoms with van der Waals surface area (Å²) in [7, 11) is 0. The molecule has 1 aromatic rings. The highest BCUT2D eigenvalue weighted by Gasteiger charge is 2.44. The molecule has 1 aliphatic heterocycles. The van der Waals surface area contributed by atoms with E-state index in [2.05, 4.69) is 18.7 Å². The highest BCUT2D eigenvalue weighted by molar-refractivity contribution is 5.84. The van der Waals surface area contributed by atoms with Crippen LogP contribution in [0.15, 0.2) is 18.2 Å². The molecule has 5 nitrogen and oxygen atoms in total. The van der Waals surface area contributed by atoms with Crippen molar-refractivity contribution in [2.24, 2.45) is 0 Å². The minimum atomic E-state index is -0.529. The number of nitrogens with zero attached hydrogens (tertiary/aromatic N) is 1. The lowest BCUT2D eigenvalue weighted by Crippen LogP contribution is -2.37. The van der Waals surface area contributed by atoms with Gasteiger partial charge in [0.05, 0.1) is 5.41 Å². The molecule has 25 heavy (non-hydrogen) atoms. The number of ether oxygens (including phenoxy) is 3. The summed E-state index contributed by atoms with van der Waals surface area (Å²) < 4.78 is 17.0. The van der Waals surface area contributed by atoms with Gasteiger partial charge >= 0.3 is 5.97 Å². The van der Waals surface area contributed by atoms with Crippen molar-refractivity contribution in [3.8, 4) is 11.5 Å². The molecular formula is C20H29NO4. The molecule has 0 radical (unpaired) electrons. The van der Waals surface area contributed by atoms with Crippen molar-refractivity contribution >= 4 is 5.97 Å². The average molecular weight is 347 g/mol. The van der Waals surface area contributed by atoms with E-state index in [9.17, 15) is 4.79 Å². The lowest BCUT2D eigenvalue weighted by atomic mass is 9.78. The summed E-state index contributed by atoms with van der Waals surface area (Å²) in [6.07, 6.45) is 3.80. The van der Waals surface area contributed by atoms with Gasteiger partial charge in [-0.15, -0.1) is 0 Å². The Labute approximate surface area is 150 Å². The lowest BCUT2D eigenvalue weighted by molar-refractivity contribution is -0.151. The zero-order valence-electron chi connectivity index (χ0n) is 15.4. The minimum Gasteiger partial charge on any atom is -0.486 e. The van der Waals surface area contributed by atoms with Crippen molar-refractivity contribution in [2.75, 3.05) is 39.5 Å². The second-order valence-electron chi connectivity index (χ2n) is 6.81. The summed E-state index contributed by atoms with van der Waals surface area (Å²) in [5.41, 5.74) is 0.473. The summed E-state index contributed by atoms with van der Waals surface area (Å²) in [6.45, 7) is 8.56. The molecular weight excluding hydrogens is 318 g/mol. The maximum absolute atomic E-state index is 13.0. The monoisotopic (exact) mass is 347 g/mol. The Kier molecular flexibility index (Phi) is 5.84. The Bertz CT molecular complexity index is 591. The smallest absolute Gasteiger partial charge is 0.316 e. The van der Waals surface area contributed by atoms with E-state index in [-0.39, 0.29) is 5.97 Å². The lowest BCUT2D eigenvalue weighted by Gasteiger charge is -2.29. The zero-order chi connectivity index (χ0) is 17.7. The van der Waals surface area contributed by atoms with Crippen molar-refractivity contribution in [1.82, 2.24) is 4.90 Å². The Morgan fingerprint density at radius 2 is 1.80 bits per heavy atom. The van der Waals surface area contributed by atoms with Gasteiger partial charge < -0.3 is 19.1 Å². The molecule has 0 aromatic heterocycles. The Balaban J connectivity index is 1.74. The molecule has 3 rings (SSSR count). The Morgan fingerprint density at radius 1 is 1.12 bits per heavy atom. The molecule has 138 valence electrons. The fourth-order valence-corrected chi connectivity index (χ4v) is 3.88. The topological polar surface area (TPSA) is 48.0 Å². The fraction of sp³-hybridized carbons (Fsp3) is 0.650. The van der Waals surface area contributed by atoms with Gasteiger partial charge in [-0.3, -0.25) is 4.79 Å². The van der Waals surface area contributed by atoms with Crippen molar-refractivity contribution in [3.63, 3.8) is 0 Å². The van der Waals surface area contributed by atoms with Crippen LogP contribution in [0.2, 0.25) is 0 Å². The van der Waals surface area contributed by atoms with Crippen LogP contribution >= 0.6 is 0 Å². The van der Waals surface area contributed by atoms with E-state index in [4.69, 9.17) is 14.2 Å². The molecule has 0 atom stereocenters. The van der Waals surface area contributed by atoms with E-state index in [1.807, 2.05) is 18.2 Å². The normalized spacial score (nSPS) is 18.4. The highest BCUT2D eigenvalue weighted by atomic mass is 16.6. The first-order valence-electron chi connectivity index (χ1n) is 9.49. The van der Waals surface area contributed by atoms with Crippen molar-refractivity contribution in [3.05, 3.63) is 23.8 Å². The zero-order valence-corrected chi connectivity index (χ0v) is 15.4. The summed E-state index contributed by atoms with van der Waals surface area (Å²) in [5.74, 6) is 1.41. The van der Waals surface area contributed by atoms with Gasteiger partial charge in [0.1, 0.15) is 19.8 Å². The van der Waals surface area contributed by atoms with Crippen LogP contribution in [0, 0.1) is 0 Å². The van der Waals surface area contributed by atoms with Crippen molar-refractivity contribution in [2.45, 2.75) is 44.9 Å². The molecule has 1 heterocycles. The van der Waals surface area contributed by atoms with Crippen LogP contribution < -0.4 is 9.47 Å². The number of carbonyl (C=O) groups is 1. The second kappa shape index (κ2) is 8.09. The number of hydrogen-bond donors (Lipinski definition) is 0. The van der Waals surface area contributed by atoms with Crippen LogP contribution in [0.1, 0.15) is 45.1 Å². The van der Waals surface area contributed by atoms with Crippen LogP contribution in [0.5, 0.6) is 11.5 Å². The predicted molar refractivity (Wildman–Crippen MR) is 96.3 cm³/mol. The molecule has 1 saturated carbocycles. The van der Waals surface area contributed by atoms with Gasteiger partial charge in [0.25, 0.3) is 0 Å². The van der Waals surface area contributed by atoms with Crippen LogP contribution in [-0.2, 0) is 14.9 Å². The third kappa shape index (κ3) is 3.76. The van der Waals surface area contributed by atoms with Crippen molar-refractivity contribution < 1.29 is 19.0 Å². The summed E-state index contributed by atoms with van der Waals surface area (Å²) in [5, 5.41) is 0. The number of rotatable bonds is 7. The van der Waals surface area contributed by atoms with E-state index in [1.165, 1.54) is 0 Å². The molecule has 0 N–H and O–H groups in total. The minimum absolute atomic E-state index is 0.0890. The predicted octanol–water partition coefficient (Wildman–Crippen LogP) is 3.15. The number of likely N-dealkylation sites (N-methyl/N-ethyl adjacent to an activating group) is 1. The van der Waals surface area contributed by atoms with Crippen LogP contribution in [0.3, 0.4) is 0 Å². The van der Waals surface area contributed by atoms with Crippen LogP contribution in [0.4, 0.5) is 0 Å². The maximum atomic E-state index is 13.0. The summed E-state index contributed by atoms with van der Waals surface area (Å²) in [4.78, 5) is 15.2. The molecule has 0 bridgehead atoms. The number of fused-ring (bicyclic) bond motifs is 1. The molecule has 0 unspecified atom stereocenters. The third-order valence-electron chi connectivity index (χ3n) is 5.48. The second-order valence-corrected chi connectivity index (χ2v) is 6.81. The molecule has 1 aliphatic carbocycles.